The number of aromatic nitrogens is 3. The standard InChI is InChI=1S/C21H14FN3O3/c22-17-9-6-16(7-10-17)21-24-18(28-25-21)13-27-19(26)11-8-15-4-1-3-14-5-2-12-23-20(14)15/h1-12H,13H2/b11-8+. The molecule has 0 aliphatic heterocycles. The highest BCUT2D eigenvalue weighted by atomic mass is 19.1. The van der Waals surface area contributed by atoms with Gasteiger partial charge in [-0.05, 0) is 36.4 Å². The summed E-state index contributed by atoms with van der Waals surface area (Å²) in [5, 5.41) is 4.78. The van der Waals surface area contributed by atoms with Crippen LogP contribution < -0.4 is 0 Å². The smallest absolute Gasteiger partial charge is 0.331 e. The van der Waals surface area contributed by atoms with Crippen molar-refractivity contribution >= 4 is 22.9 Å². The first-order valence-corrected chi connectivity index (χ1v) is 8.46. The number of fused-ring (bicyclic) bond motifs is 1. The van der Waals surface area contributed by atoms with Gasteiger partial charge in [-0.15, -0.1) is 0 Å². The molecule has 7 heteroatoms. The Morgan fingerprint density at radius 1 is 1.11 bits per heavy atom. The second-order valence-electron chi connectivity index (χ2n) is 5.88. The Bertz CT molecular complexity index is 1150. The molecule has 2 heterocycles. The van der Waals surface area contributed by atoms with E-state index in [-0.39, 0.29) is 18.3 Å². The van der Waals surface area contributed by atoms with Crippen LogP contribution in [0.15, 0.2) is 71.4 Å². The molecule has 0 fully saturated rings. The van der Waals surface area contributed by atoms with Crippen molar-refractivity contribution in [3.05, 3.63) is 84.1 Å². The Kier molecular flexibility index (Phi) is 4.88. The fraction of sp³-hybridized carbons (Fsp3) is 0.0476. The zero-order valence-corrected chi connectivity index (χ0v) is 14.6. The molecule has 0 N–H and O–H groups in total. The topological polar surface area (TPSA) is 78.1 Å². The summed E-state index contributed by atoms with van der Waals surface area (Å²) >= 11 is 0. The van der Waals surface area contributed by atoms with Crippen LogP contribution in [-0.4, -0.2) is 21.1 Å². The van der Waals surface area contributed by atoms with Gasteiger partial charge < -0.3 is 9.26 Å². The van der Waals surface area contributed by atoms with Gasteiger partial charge in [0.15, 0.2) is 6.61 Å². The van der Waals surface area contributed by atoms with Gasteiger partial charge in [0.2, 0.25) is 5.82 Å². The summed E-state index contributed by atoms with van der Waals surface area (Å²) in [6, 6.07) is 15.2. The predicted octanol–water partition coefficient (Wildman–Crippen LogP) is 4.18. The number of pyridine rings is 1. The van der Waals surface area contributed by atoms with E-state index in [0.717, 1.165) is 16.5 Å². The van der Waals surface area contributed by atoms with Gasteiger partial charge in [0.05, 0.1) is 5.52 Å². The zero-order valence-electron chi connectivity index (χ0n) is 14.6. The van der Waals surface area contributed by atoms with Gasteiger partial charge in [0.25, 0.3) is 5.89 Å². The van der Waals surface area contributed by atoms with Crippen molar-refractivity contribution < 1.29 is 18.4 Å². The Hall–Kier alpha value is -3.87. The number of ether oxygens (including phenoxy) is 1. The number of carbonyl (C=O) groups is 1. The highest BCUT2D eigenvalue weighted by Gasteiger charge is 2.10. The van der Waals surface area contributed by atoms with Crippen molar-refractivity contribution in [2.45, 2.75) is 6.61 Å². The van der Waals surface area contributed by atoms with Gasteiger partial charge in [0.1, 0.15) is 5.82 Å². The first-order chi connectivity index (χ1) is 13.7. The number of rotatable bonds is 5. The van der Waals surface area contributed by atoms with Gasteiger partial charge >= 0.3 is 5.97 Å². The van der Waals surface area contributed by atoms with Crippen molar-refractivity contribution in [2.75, 3.05) is 0 Å². The lowest BCUT2D eigenvalue weighted by atomic mass is 10.1. The molecule has 4 rings (SSSR count). The third-order valence-electron chi connectivity index (χ3n) is 3.97. The average Bonchev–Trinajstić information content (AvgIpc) is 3.20. The fourth-order valence-electron chi connectivity index (χ4n) is 2.63. The van der Waals surface area contributed by atoms with Crippen molar-refractivity contribution in [1.82, 2.24) is 15.1 Å². The number of carbonyl (C=O) groups excluding carboxylic acids is 1. The van der Waals surface area contributed by atoms with Gasteiger partial charge in [-0.3, -0.25) is 4.98 Å². The average molecular weight is 375 g/mol. The molecule has 138 valence electrons. The lowest BCUT2D eigenvalue weighted by molar-refractivity contribution is -0.139. The van der Waals surface area contributed by atoms with Crippen LogP contribution in [0.1, 0.15) is 11.5 Å². The normalized spacial score (nSPS) is 11.2. The van der Waals surface area contributed by atoms with Gasteiger partial charge in [0, 0.05) is 28.8 Å². The lowest BCUT2D eigenvalue weighted by Gasteiger charge is -2.00. The summed E-state index contributed by atoms with van der Waals surface area (Å²) in [5.41, 5.74) is 2.22. The van der Waals surface area contributed by atoms with Crippen LogP contribution in [0.3, 0.4) is 0 Å². The molecule has 0 aliphatic carbocycles. The number of nitrogens with zero attached hydrogens (tertiary/aromatic N) is 3. The second-order valence-corrected chi connectivity index (χ2v) is 5.88. The fourth-order valence-corrected chi connectivity index (χ4v) is 2.63. The summed E-state index contributed by atoms with van der Waals surface area (Å²) in [6.45, 7) is -0.162. The minimum Gasteiger partial charge on any atom is -0.452 e. The van der Waals surface area contributed by atoms with E-state index in [2.05, 4.69) is 15.1 Å². The predicted molar refractivity (Wildman–Crippen MR) is 100 cm³/mol. The molecule has 2 aromatic carbocycles. The van der Waals surface area contributed by atoms with Crippen LogP contribution in [0.2, 0.25) is 0 Å². The molecule has 28 heavy (non-hydrogen) atoms. The Balaban J connectivity index is 1.39. The van der Waals surface area contributed by atoms with Gasteiger partial charge in [-0.2, -0.15) is 4.98 Å². The molecule has 0 aliphatic rings. The number of halogens is 1. The van der Waals surface area contributed by atoms with Crippen LogP contribution >= 0.6 is 0 Å². The van der Waals surface area contributed by atoms with E-state index in [0.29, 0.717) is 11.4 Å². The number of esters is 1. The van der Waals surface area contributed by atoms with E-state index in [1.54, 1.807) is 12.3 Å². The molecular weight excluding hydrogens is 361 g/mol. The van der Waals surface area contributed by atoms with Gasteiger partial charge in [-0.25, -0.2) is 9.18 Å². The summed E-state index contributed by atoms with van der Waals surface area (Å²) in [4.78, 5) is 20.4. The highest BCUT2D eigenvalue weighted by Crippen LogP contribution is 2.18. The van der Waals surface area contributed by atoms with E-state index < -0.39 is 5.97 Å². The second kappa shape index (κ2) is 7.79. The molecule has 6 nitrogen and oxygen atoms in total. The molecule has 2 aromatic heterocycles. The van der Waals surface area contributed by atoms with E-state index in [1.807, 2.05) is 30.3 Å². The highest BCUT2D eigenvalue weighted by molar-refractivity contribution is 5.92. The van der Waals surface area contributed by atoms with E-state index in [4.69, 9.17) is 9.26 Å². The summed E-state index contributed by atoms with van der Waals surface area (Å²) in [6.07, 6.45) is 4.67. The van der Waals surface area contributed by atoms with Crippen LogP contribution in [0, 0.1) is 5.82 Å². The third kappa shape index (κ3) is 3.93. The number of hydrogen-bond acceptors (Lipinski definition) is 6. The quantitative estimate of drug-likeness (QED) is 0.385. The van der Waals surface area contributed by atoms with E-state index in [9.17, 15) is 9.18 Å². The molecule has 0 unspecified atom stereocenters. The van der Waals surface area contributed by atoms with Crippen LogP contribution in [0.5, 0.6) is 0 Å². The van der Waals surface area contributed by atoms with Crippen LogP contribution in [-0.2, 0) is 16.1 Å². The lowest BCUT2D eigenvalue weighted by Crippen LogP contribution is -2.01. The van der Waals surface area contributed by atoms with Crippen molar-refractivity contribution in [3.8, 4) is 11.4 Å². The SMILES string of the molecule is O=C(/C=C/c1cccc2cccnc12)OCc1nc(-c2ccc(F)cc2)no1. The molecule has 0 radical (unpaired) electrons. The van der Waals surface area contributed by atoms with Gasteiger partial charge in [-0.1, -0.05) is 29.4 Å². The molecule has 0 saturated carbocycles. The minimum absolute atomic E-state index is 0.146. The summed E-state index contributed by atoms with van der Waals surface area (Å²) in [7, 11) is 0. The Labute approximate surface area is 159 Å². The maximum absolute atomic E-state index is 13.0. The van der Waals surface area contributed by atoms with E-state index in [1.165, 1.54) is 30.3 Å². The maximum Gasteiger partial charge on any atom is 0.331 e. The van der Waals surface area contributed by atoms with Crippen molar-refractivity contribution in [2.24, 2.45) is 0 Å². The van der Waals surface area contributed by atoms with Crippen LogP contribution in [0.25, 0.3) is 28.4 Å². The zero-order chi connectivity index (χ0) is 19.3. The van der Waals surface area contributed by atoms with E-state index >= 15 is 0 Å². The Morgan fingerprint density at radius 2 is 1.93 bits per heavy atom. The van der Waals surface area contributed by atoms with Crippen molar-refractivity contribution in [1.29, 1.82) is 0 Å². The third-order valence-corrected chi connectivity index (χ3v) is 3.97. The molecular formula is C21H14FN3O3. The molecule has 0 amide bonds. The number of benzene rings is 2. The first kappa shape index (κ1) is 17.5. The monoisotopic (exact) mass is 375 g/mol. The number of para-hydroxylation sites is 1. The number of hydrogen-bond donors (Lipinski definition) is 0. The molecule has 4 aromatic rings. The maximum atomic E-state index is 13.0. The summed E-state index contributed by atoms with van der Waals surface area (Å²) in [5.74, 6) is -0.458. The largest absolute Gasteiger partial charge is 0.452 e. The summed E-state index contributed by atoms with van der Waals surface area (Å²) < 4.78 is 23.1. The first-order valence-electron chi connectivity index (χ1n) is 8.46. The molecule has 0 atom stereocenters. The minimum atomic E-state index is -0.547. The molecule has 0 saturated heterocycles. The van der Waals surface area contributed by atoms with Crippen molar-refractivity contribution in [3.63, 3.8) is 0 Å². The molecule has 0 spiro atoms. The Morgan fingerprint density at radius 3 is 2.79 bits per heavy atom. The van der Waals surface area contributed by atoms with Crippen LogP contribution in [0.4, 0.5) is 4.39 Å². The molecule has 0 bridgehead atoms.